The lowest BCUT2D eigenvalue weighted by Crippen LogP contribution is -2.01. The summed E-state index contributed by atoms with van der Waals surface area (Å²) in [5, 5.41) is 10.9. The van der Waals surface area contributed by atoms with Crippen LogP contribution in [0.5, 0.6) is 17.2 Å². The van der Waals surface area contributed by atoms with Crippen LogP contribution < -0.4 is 14.9 Å². The molecule has 0 amide bonds. The molecule has 0 saturated heterocycles. The minimum absolute atomic E-state index is 0.126. The number of ether oxygens (including phenoxy) is 2. The Morgan fingerprint density at radius 2 is 1.79 bits per heavy atom. The van der Waals surface area contributed by atoms with Crippen molar-refractivity contribution in [2.75, 3.05) is 7.11 Å². The maximum absolute atomic E-state index is 12.5. The molecule has 4 aromatic rings. The monoisotopic (exact) mass is 407 g/mol. The Labute approximate surface area is 170 Å². The average Bonchev–Trinajstić information content (AvgIpc) is 2.73. The van der Waals surface area contributed by atoms with E-state index in [1.54, 1.807) is 25.6 Å². The molecule has 0 radical (unpaired) electrons. The van der Waals surface area contributed by atoms with E-state index in [1.165, 1.54) is 23.9 Å². The van der Waals surface area contributed by atoms with Gasteiger partial charge in [-0.05, 0) is 29.8 Å². The summed E-state index contributed by atoms with van der Waals surface area (Å²) in [6.45, 7) is 0.296. The van der Waals surface area contributed by atoms with E-state index in [2.05, 4.69) is 4.98 Å². The second-order valence-electron chi connectivity index (χ2n) is 6.17. The molecule has 0 unspecified atom stereocenters. The zero-order chi connectivity index (χ0) is 20.2. The lowest BCUT2D eigenvalue weighted by Gasteiger charge is -2.09. The third-order valence-corrected chi connectivity index (χ3v) is 5.10. The van der Waals surface area contributed by atoms with E-state index >= 15 is 0 Å². The Morgan fingerprint density at radius 3 is 2.52 bits per heavy atom. The molecule has 146 valence electrons. The highest BCUT2D eigenvalue weighted by Crippen LogP contribution is 2.33. The van der Waals surface area contributed by atoms with Gasteiger partial charge >= 0.3 is 0 Å². The highest BCUT2D eigenvalue weighted by Gasteiger charge is 2.13. The predicted octanol–water partition coefficient (Wildman–Crippen LogP) is 4.63. The number of hydrogen-bond acceptors (Lipinski definition) is 7. The molecule has 7 heteroatoms. The summed E-state index contributed by atoms with van der Waals surface area (Å²) >= 11 is 1.30. The van der Waals surface area contributed by atoms with Gasteiger partial charge < -0.3 is 19.0 Å². The number of pyridine rings is 1. The minimum atomic E-state index is -0.318. The van der Waals surface area contributed by atoms with E-state index in [-0.39, 0.29) is 22.1 Å². The predicted molar refractivity (Wildman–Crippen MR) is 110 cm³/mol. The number of phenolic OH excluding ortho intramolecular Hbond substituents is 1. The lowest BCUT2D eigenvalue weighted by molar-refractivity contribution is 0.304. The summed E-state index contributed by atoms with van der Waals surface area (Å²) < 4.78 is 16.8. The summed E-state index contributed by atoms with van der Waals surface area (Å²) in [7, 11) is 1.61. The molecule has 29 heavy (non-hydrogen) atoms. The van der Waals surface area contributed by atoms with Crippen LogP contribution in [0.1, 0.15) is 5.56 Å². The molecule has 0 spiro atoms. The highest BCUT2D eigenvalue weighted by molar-refractivity contribution is 7.99. The van der Waals surface area contributed by atoms with Crippen LogP contribution in [0.25, 0.3) is 11.0 Å². The Kier molecular flexibility index (Phi) is 5.39. The van der Waals surface area contributed by atoms with Crippen LogP contribution in [0.2, 0.25) is 0 Å². The van der Waals surface area contributed by atoms with E-state index in [9.17, 15) is 9.90 Å². The van der Waals surface area contributed by atoms with Gasteiger partial charge in [0.25, 0.3) is 0 Å². The van der Waals surface area contributed by atoms with Crippen molar-refractivity contribution in [2.24, 2.45) is 0 Å². The number of fused-ring (bicyclic) bond motifs is 1. The van der Waals surface area contributed by atoms with Crippen LogP contribution >= 0.6 is 11.8 Å². The third kappa shape index (κ3) is 4.35. The quantitative estimate of drug-likeness (QED) is 0.499. The number of methoxy groups -OCH3 is 1. The molecule has 0 bridgehead atoms. The van der Waals surface area contributed by atoms with Crippen molar-refractivity contribution in [3.8, 4) is 17.2 Å². The van der Waals surface area contributed by atoms with Gasteiger partial charge in [0.15, 0.2) is 10.5 Å². The van der Waals surface area contributed by atoms with E-state index < -0.39 is 0 Å². The zero-order valence-electron chi connectivity index (χ0n) is 15.5. The van der Waals surface area contributed by atoms with Crippen molar-refractivity contribution in [3.63, 3.8) is 0 Å². The number of rotatable bonds is 6. The normalized spacial score (nSPS) is 10.8. The first-order valence-electron chi connectivity index (χ1n) is 8.77. The van der Waals surface area contributed by atoms with Crippen molar-refractivity contribution >= 4 is 22.7 Å². The first-order valence-corrected chi connectivity index (χ1v) is 9.58. The molecule has 2 heterocycles. The molecule has 0 atom stereocenters. The van der Waals surface area contributed by atoms with E-state index in [0.29, 0.717) is 17.4 Å². The summed E-state index contributed by atoms with van der Waals surface area (Å²) in [5.74, 6) is 0.986. The number of hydrogen-bond donors (Lipinski definition) is 1. The summed E-state index contributed by atoms with van der Waals surface area (Å²) in [4.78, 5) is 17.3. The summed E-state index contributed by atoms with van der Waals surface area (Å²) in [5.41, 5.74) is 0.884. The molecule has 2 aromatic heterocycles. The number of phenols is 1. The molecule has 2 aromatic carbocycles. The Bertz CT molecular complexity index is 1190. The van der Waals surface area contributed by atoms with Crippen molar-refractivity contribution in [3.05, 3.63) is 82.8 Å². The second-order valence-corrected chi connectivity index (χ2v) is 7.24. The maximum atomic E-state index is 12.5. The number of aromatic nitrogens is 1. The van der Waals surface area contributed by atoms with E-state index in [0.717, 1.165) is 16.2 Å². The van der Waals surface area contributed by atoms with Crippen molar-refractivity contribution < 1.29 is 19.0 Å². The summed E-state index contributed by atoms with van der Waals surface area (Å²) in [6, 6.07) is 15.5. The topological polar surface area (TPSA) is 81.8 Å². The molecule has 0 aliphatic heterocycles. The van der Waals surface area contributed by atoms with Crippen molar-refractivity contribution in [1.29, 1.82) is 0 Å². The standard InChI is InChI=1S/C22H17NO5S/c1-26-15-4-2-14(3-5-15)13-27-16-10-18(24)22-19(25)12-21(28-20(22)11-16)29-17-6-8-23-9-7-17/h2-12,24H,13H2,1H3. The fourth-order valence-electron chi connectivity index (χ4n) is 2.77. The Balaban J connectivity index is 1.60. The van der Waals surface area contributed by atoms with Crippen LogP contribution in [0.3, 0.4) is 0 Å². The first-order chi connectivity index (χ1) is 14.1. The zero-order valence-corrected chi connectivity index (χ0v) is 16.3. The fraction of sp³-hybridized carbons (Fsp3) is 0.0909. The molecule has 0 saturated carbocycles. The first kappa shape index (κ1) is 18.9. The van der Waals surface area contributed by atoms with Gasteiger partial charge in [-0.3, -0.25) is 9.78 Å². The van der Waals surface area contributed by atoms with Gasteiger partial charge in [0.2, 0.25) is 0 Å². The average molecular weight is 407 g/mol. The number of benzene rings is 2. The van der Waals surface area contributed by atoms with Gasteiger partial charge in [-0.2, -0.15) is 0 Å². The highest BCUT2D eigenvalue weighted by atomic mass is 32.2. The third-order valence-electron chi connectivity index (χ3n) is 4.19. The van der Waals surface area contributed by atoms with Gasteiger partial charge in [-0.1, -0.05) is 23.9 Å². The molecule has 1 N–H and O–H groups in total. The summed E-state index contributed by atoms with van der Waals surface area (Å²) in [6.07, 6.45) is 3.33. The SMILES string of the molecule is COc1ccc(COc2cc(O)c3c(=O)cc(Sc4ccncc4)oc3c2)cc1. The van der Waals surface area contributed by atoms with Crippen molar-refractivity contribution in [1.82, 2.24) is 4.98 Å². The largest absolute Gasteiger partial charge is 0.507 e. The van der Waals surface area contributed by atoms with Crippen LogP contribution in [0.4, 0.5) is 0 Å². The van der Waals surface area contributed by atoms with Gasteiger partial charge in [0.05, 0.1) is 7.11 Å². The molecule has 0 aliphatic rings. The molecular weight excluding hydrogens is 390 g/mol. The van der Waals surface area contributed by atoms with Crippen LogP contribution in [0, 0.1) is 0 Å². The van der Waals surface area contributed by atoms with E-state index in [1.807, 2.05) is 36.4 Å². The van der Waals surface area contributed by atoms with Crippen LogP contribution in [-0.4, -0.2) is 17.2 Å². The van der Waals surface area contributed by atoms with E-state index in [4.69, 9.17) is 13.9 Å². The lowest BCUT2D eigenvalue weighted by atomic mass is 10.2. The Morgan fingerprint density at radius 1 is 1.03 bits per heavy atom. The smallest absolute Gasteiger partial charge is 0.197 e. The minimum Gasteiger partial charge on any atom is -0.507 e. The van der Waals surface area contributed by atoms with Crippen molar-refractivity contribution in [2.45, 2.75) is 16.6 Å². The fourth-order valence-corrected chi connectivity index (χ4v) is 3.55. The molecule has 4 rings (SSSR count). The molecule has 0 aliphatic carbocycles. The van der Waals surface area contributed by atoms with Gasteiger partial charge in [0.1, 0.15) is 34.8 Å². The van der Waals surface area contributed by atoms with Crippen LogP contribution in [-0.2, 0) is 6.61 Å². The molecule has 6 nitrogen and oxygen atoms in total. The van der Waals surface area contributed by atoms with Gasteiger partial charge in [-0.15, -0.1) is 0 Å². The Hall–Kier alpha value is -3.45. The number of nitrogens with zero attached hydrogens (tertiary/aromatic N) is 1. The van der Waals surface area contributed by atoms with Crippen LogP contribution in [0.15, 0.2) is 86.2 Å². The second kappa shape index (κ2) is 8.28. The maximum Gasteiger partial charge on any atom is 0.197 e. The van der Waals surface area contributed by atoms with Gasteiger partial charge in [-0.25, -0.2) is 0 Å². The van der Waals surface area contributed by atoms with Gasteiger partial charge in [0, 0.05) is 35.5 Å². The molecule has 0 fully saturated rings. The molecular formula is C22H17NO5S. The number of aromatic hydroxyl groups is 1.